The highest BCUT2D eigenvalue weighted by Crippen LogP contribution is 2.40. The Bertz CT molecular complexity index is 1210. The van der Waals surface area contributed by atoms with E-state index in [0.717, 1.165) is 0 Å². The summed E-state index contributed by atoms with van der Waals surface area (Å²) >= 11 is 0. The van der Waals surface area contributed by atoms with Crippen LogP contribution in [0.3, 0.4) is 0 Å². The maximum absolute atomic E-state index is 12.9. The molecule has 4 rings (SSSR count). The van der Waals surface area contributed by atoms with Crippen LogP contribution in [0.25, 0.3) is 28.2 Å². The number of halogens is 3. The van der Waals surface area contributed by atoms with Crippen LogP contribution in [-0.2, 0) is 0 Å². The van der Waals surface area contributed by atoms with Crippen molar-refractivity contribution in [1.29, 1.82) is 5.26 Å². The topological polar surface area (TPSA) is 76.1 Å². The van der Waals surface area contributed by atoms with Crippen molar-refractivity contribution in [2.45, 2.75) is 6.36 Å². The second-order valence-corrected chi connectivity index (χ2v) is 5.70. The van der Waals surface area contributed by atoms with Gasteiger partial charge in [0.05, 0.1) is 11.6 Å². The highest BCUT2D eigenvalue weighted by molar-refractivity contribution is 5.87. The number of nitriles is 1. The quantitative estimate of drug-likeness (QED) is 0.531. The first-order valence-corrected chi connectivity index (χ1v) is 8.03. The Labute approximate surface area is 156 Å². The lowest BCUT2D eigenvalue weighted by molar-refractivity contribution is -0.274. The predicted molar refractivity (Wildman–Crippen MR) is 93.1 cm³/mol. The number of ether oxygens (including phenoxy) is 1. The van der Waals surface area contributed by atoms with Gasteiger partial charge in [-0.3, -0.25) is 0 Å². The van der Waals surface area contributed by atoms with Gasteiger partial charge in [-0.25, -0.2) is 0 Å². The molecule has 0 spiro atoms. The van der Waals surface area contributed by atoms with Crippen molar-refractivity contribution in [2.24, 2.45) is 0 Å². The summed E-state index contributed by atoms with van der Waals surface area (Å²) in [5.74, 6) is -0.141. The smallest absolute Gasteiger partial charge is 0.405 e. The van der Waals surface area contributed by atoms with E-state index in [1.807, 2.05) is 0 Å². The first-order valence-electron chi connectivity index (χ1n) is 8.03. The van der Waals surface area contributed by atoms with Crippen molar-refractivity contribution in [3.05, 3.63) is 66.4 Å². The fourth-order valence-corrected chi connectivity index (χ4v) is 2.91. The molecule has 4 aromatic rings. The van der Waals surface area contributed by atoms with Crippen molar-refractivity contribution in [1.82, 2.24) is 19.8 Å². The van der Waals surface area contributed by atoms with Crippen LogP contribution < -0.4 is 4.74 Å². The van der Waals surface area contributed by atoms with Crippen LogP contribution in [0.5, 0.6) is 5.75 Å². The minimum atomic E-state index is -4.85. The number of nitrogens with zero attached hydrogens (tertiary/aromatic N) is 5. The Morgan fingerprint density at radius 1 is 0.929 bits per heavy atom. The third-order valence-corrected chi connectivity index (χ3v) is 3.99. The molecule has 2 heterocycles. The Balaban J connectivity index is 2.00. The van der Waals surface area contributed by atoms with Crippen LogP contribution in [0.4, 0.5) is 13.2 Å². The van der Waals surface area contributed by atoms with E-state index in [1.54, 1.807) is 36.4 Å². The van der Waals surface area contributed by atoms with E-state index in [1.165, 1.54) is 28.9 Å². The molecule has 0 atom stereocenters. The minimum Gasteiger partial charge on any atom is -0.405 e. The monoisotopic (exact) mass is 381 g/mol. The number of alkyl halides is 3. The molecule has 0 fully saturated rings. The Morgan fingerprint density at radius 3 is 2.50 bits per heavy atom. The normalized spacial score (nSPS) is 11.4. The molecule has 9 heteroatoms. The third kappa shape index (κ3) is 3.12. The average Bonchev–Trinajstić information content (AvgIpc) is 3.10. The van der Waals surface area contributed by atoms with E-state index < -0.39 is 6.36 Å². The first-order chi connectivity index (χ1) is 13.5. The van der Waals surface area contributed by atoms with Gasteiger partial charge in [-0.1, -0.05) is 30.3 Å². The summed E-state index contributed by atoms with van der Waals surface area (Å²) in [4.78, 5) is 0. The molecular formula is C19H10F3N5O. The highest BCUT2D eigenvalue weighted by Gasteiger charge is 2.32. The van der Waals surface area contributed by atoms with Crippen LogP contribution in [0.1, 0.15) is 5.56 Å². The molecule has 0 amide bonds. The zero-order valence-electron chi connectivity index (χ0n) is 14.1. The van der Waals surface area contributed by atoms with Gasteiger partial charge in [-0.05, 0) is 29.8 Å². The summed E-state index contributed by atoms with van der Waals surface area (Å²) in [5.41, 5.74) is 1.49. The first kappa shape index (κ1) is 17.5. The summed E-state index contributed by atoms with van der Waals surface area (Å²) in [7, 11) is 0. The molecule has 0 aliphatic carbocycles. The minimum absolute atomic E-state index is 0.166. The van der Waals surface area contributed by atoms with Gasteiger partial charge in [0.2, 0.25) is 0 Å². The molecule has 0 unspecified atom stereocenters. The summed E-state index contributed by atoms with van der Waals surface area (Å²) < 4.78 is 44.2. The van der Waals surface area contributed by atoms with Gasteiger partial charge >= 0.3 is 6.36 Å². The van der Waals surface area contributed by atoms with Gasteiger partial charge in [0, 0.05) is 17.3 Å². The van der Waals surface area contributed by atoms with Gasteiger partial charge in [0.15, 0.2) is 11.5 Å². The summed E-state index contributed by atoms with van der Waals surface area (Å²) in [5, 5.41) is 21.9. The standard InChI is InChI=1S/C19H10F3N5O/c20-19(21,22)28-15-8-2-1-6-13(15)14-7-3-5-12(11-23)17(14)18-26-25-16-9-4-10-24-27(16)18/h1-10H. The third-order valence-electron chi connectivity index (χ3n) is 3.99. The Hall–Kier alpha value is -3.93. The molecule has 138 valence electrons. The maximum Gasteiger partial charge on any atom is 0.573 e. The number of rotatable bonds is 3. The number of fused-ring (bicyclic) bond motifs is 1. The van der Waals surface area contributed by atoms with Crippen molar-refractivity contribution < 1.29 is 17.9 Å². The van der Waals surface area contributed by atoms with E-state index >= 15 is 0 Å². The zero-order valence-corrected chi connectivity index (χ0v) is 14.1. The lowest BCUT2D eigenvalue weighted by atomic mass is 9.94. The molecule has 28 heavy (non-hydrogen) atoms. The molecule has 2 aromatic carbocycles. The van der Waals surface area contributed by atoms with Gasteiger partial charge < -0.3 is 4.74 Å². The highest BCUT2D eigenvalue weighted by atomic mass is 19.4. The van der Waals surface area contributed by atoms with Crippen molar-refractivity contribution in [3.8, 4) is 34.3 Å². The van der Waals surface area contributed by atoms with Gasteiger partial charge in [0.1, 0.15) is 5.75 Å². The molecule has 6 nitrogen and oxygen atoms in total. The van der Waals surface area contributed by atoms with Crippen molar-refractivity contribution in [3.63, 3.8) is 0 Å². The zero-order chi connectivity index (χ0) is 19.7. The number of aromatic nitrogens is 4. The van der Waals surface area contributed by atoms with E-state index in [0.29, 0.717) is 16.8 Å². The van der Waals surface area contributed by atoms with E-state index in [9.17, 15) is 18.4 Å². The van der Waals surface area contributed by atoms with Crippen molar-refractivity contribution >= 4 is 5.65 Å². The summed E-state index contributed by atoms with van der Waals surface area (Å²) in [6.07, 6.45) is -3.33. The molecule has 0 aliphatic rings. The SMILES string of the molecule is N#Cc1cccc(-c2ccccc2OC(F)(F)F)c1-c1nnc2cccnn12. The van der Waals surface area contributed by atoms with Crippen LogP contribution in [0, 0.1) is 11.3 Å². The van der Waals surface area contributed by atoms with Crippen LogP contribution in [0.2, 0.25) is 0 Å². The number of para-hydroxylation sites is 1. The second-order valence-electron chi connectivity index (χ2n) is 5.70. The van der Waals surface area contributed by atoms with Gasteiger partial charge in [0.25, 0.3) is 0 Å². The molecular weight excluding hydrogens is 371 g/mol. The fourth-order valence-electron chi connectivity index (χ4n) is 2.91. The molecule has 0 radical (unpaired) electrons. The number of hydrogen-bond acceptors (Lipinski definition) is 5. The molecule has 0 saturated carbocycles. The molecule has 0 aliphatic heterocycles. The molecule has 0 N–H and O–H groups in total. The van der Waals surface area contributed by atoms with E-state index in [2.05, 4.69) is 26.1 Å². The Kier molecular flexibility index (Phi) is 4.16. The van der Waals surface area contributed by atoms with Gasteiger partial charge in [-0.15, -0.1) is 23.4 Å². The number of hydrogen-bond donors (Lipinski definition) is 0. The van der Waals surface area contributed by atoms with Crippen LogP contribution in [0.15, 0.2) is 60.8 Å². The lowest BCUT2D eigenvalue weighted by Gasteiger charge is -2.16. The second kappa shape index (κ2) is 6.66. The van der Waals surface area contributed by atoms with Crippen LogP contribution >= 0.6 is 0 Å². The fraction of sp³-hybridized carbons (Fsp3) is 0.0526. The van der Waals surface area contributed by atoms with Gasteiger partial charge in [-0.2, -0.15) is 14.9 Å². The Morgan fingerprint density at radius 2 is 1.71 bits per heavy atom. The van der Waals surface area contributed by atoms with Crippen molar-refractivity contribution in [2.75, 3.05) is 0 Å². The summed E-state index contributed by atoms with van der Waals surface area (Å²) in [6.45, 7) is 0. The lowest BCUT2D eigenvalue weighted by Crippen LogP contribution is -2.17. The number of benzene rings is 2. The average molecular weight is 381 g/mol. The van der Waals surface area contributed by atoms with E-state index in [4.69, 9.17) is 0 Å². The molecule has 0 bridgehead atoms. The van der Waals surface area contributed by atoms with Crippen LogP contribution in [-0.4, -0.2) is 26.2 Å². The predicted octanol–water partition coefficient (Wildman–Crippen LogP) is 4.23. The molecule has 0 saturated heterocycles. The molecule has 2 aromatic heterocycles. The largest absolute Gasteiger partial charge is 0.573 e. The van der Waals surface area contributed by atoms with E-state index in [-0.39, 0.29) is 22.7 Å². The maximum atomic E-state index is 12.9. The summed E-state index contributed by atoms with van der Waals surface area (Å²) in [6, 6.07) is 15.9.